The van der Waals surface area contributed by atoms with Crippen LogP contribution in [-0.4, -0.2) is 152 Å². The third kappa shape index (κ3) is 4.03. The van der Waals surface area contributed by atoms with E-state index in [-0.39, 0.29) is 69.6 Å². The van der Waals surface area contributed by atoms with E-state index in [1.54, 1.807) is 303 Å². The van der Waals surface area contributed by atoms with Gasteiger partial charge in [-0.1, -0.05) is 0 Å². The molecule has 2 heterocycles. The number of quaternary nitrogens is 2. The number of hydrogen-bond donors (Lipinski definition) is 2. The Bertz CT molecular complexity index is 7750. The van der Waals surface area contributed by atoms with E-state index >= 15 is 0 Å². The molecule has 24 aromatic rings. The van der Waals surface area contributed by atoms with Crippen LogP contribution in [0, 0.1) is 0 Å². The highest BCUT2D eigenvalue weighted by Crippen LogP contribution is 2.90. The number of ether oxygens (including phenoxy) is 6. The van der Waals surface area contributed by atoms with Crippen molar-refractivity contribution in [2.45, 2.75) is 74.4 Å². The zero-order chi connectivity index (χ0) is 64.5. The number of benzene rings is 16. The van der Waals surface area contributed by atoms with Gasteiger partial charge in [-0.25, -0.2) is 9.59 Å². The molecule has 2 aliphatic heterocycles. The van der Waals surface area contributed by atoms with Crippen LogP contribution in [0.4, 0.5) is 9.59 Å². The van der Waals surface area contributed by atoms with E-state index in [9.17, 15) is 9.59 Å². The summed E-state index contributed by atoms with van der Waals surface area (Å²) in [5.74, 6) is 0. The highest BCUT2D eigenvalue weighted by molar-refractivity contribution is 6.79. The largest absolute Gasteiger partial charge is 1.00 e. The molecular formula is C88H58I2N4O8. The number of carbonyl (C=O) groups excluding carboxylic acids is 2. The lowest BCUT2D eigenvalue weighted by Crippen LogP contribution is -3.00. The SMILES string of the molecule is CC(C)(C)OC(=O)NCCOCCOCC[N+]1(C)CC23c4c5c6c7c8c9c%10c%11c%12c%13c%14c(c-5c5c%15c%16c(c%17c%18c2c2c4c7c4c8c7c%10c8c%10c%11c%11c%13c(c%14%15)c%13c%16c%14c%17c%15c%18c%16c2c4c2c7c8c4c(c%162)c%15c2c%14c%13c%11c%10c24)C53C1)C61C[N+](C)(CCOCCOCCNC(=O)OC(C)(C)C)CC9%121.[I-].[I-]. The fourth-order valence-corrected chi connectivity index (χ4v) is 30.8. The summed E-state index contributed by atoms with van der Waals surface area (Å²) in [6.45, 7) is 22.2. The highest BCUT2D eigenvalue weighted by atomic mass is 127. The van der Waals surface area contributed by atoms with E-state index in [1.165, 1.54) is 0 Å². The predicted molar refractivity (Wildman–Crippen MR) is 399 cm³/mol. The summed E-state index contributed by atoms with van der Waals surface area (Å²) in [7, 11) is 5.35. The number of halogens is 2. The normalized spacial score (nSPS) is 25.9. The highest BCUT2D eigenvalue weighted by Gasteiger charge is 2.83. The van der Waals surface area contributed by atoms with Gasteiger partial charge < -0.3 is 96.0 Å². The van der Waals surface area contributed by atoms with E-state index in [0.29, 0.717) is 65.9 Å². The monoisotopic (exact) mass is 1550 g/mol. The first-order chi connectivity index (χ1) is 48.5. The first-order valence-corrected chi connectivity index (χ1v) is 37.4. The van der Waals surface area contributed by atoms with Crippen molar-refractivity contribution in [3.8, 4) is 11.1 Å². The van der Waals surface area contributed by atoms with Gasteiger partial charge in [0.1, 0.15) is 24.3 Å². The molecule has 2 amide bonds. The lowest BCUT2D eigenvalue weighted by molar-refractivity contribution is -0.901. The van der Waals surface area contributed by atoms with Gasteiger partial charge in [0.25, 0.3) is 0 Å². The second-order valence-electron chi connectivity index (χ2n) is 37.2. The van der Waals surface area contributed by atoms with Crippen molar-refractivity contribution >= 4 is 260 Å². The smallest absolute Gasteiger partial charge is 0.407 e. The molecule has 8 aliphatic carbocycles. The van der Waals surface area contributed by atoms with Crippen LogP contribution in [0.25, 0.3) is 259 Å². The summed E-state index contributed by atoms with van der Waals surface area (Å²) in [5.41, 5.74) is 15.1. The molecular weight excluding hydrogens is 1490 g/mol. The van der Waals surface area contributed by atoms with Crippen molar-refractivity contribution in [1.82, 2.24) is 10.6 Å². The van der Waals surface area contributed by atoms with Gasteiger partial charge in [-0.2, -0.15) is 0 Å². The van der Waals surface area contributed by atoms with Crippen LogP contribution in [0.5, 0.6) is 0 Å². The van der Waals surface area contributed by atoms with Crippen molar-refractivity contribution in [3.63, 3.8) is 0 Å². The predicted octanol–water partition coefficient (Wildman–Crippen LogP) is 10.9. The molecule has 0 bridgehead atoms. The maximum atomic E-state index is 12.5. The second kappa shape index (κ2) is 14.1. The summed E-state index contributed by atoms with van der Waals surface area (Å²) >= 11 is 0. The Morgan fingerprint density at radius 2 is 0.461 bits per heavy atom. The van der Waals surface area contributed by atoms with Crippen LogP contribution < -0.4 is 58.6 Å². The number of nitrogens with zero attached hydrogens (tertiary/aromatic N) is 2. The molecule has 102 heavy (non-hydrogen) atoms. The van der Waals surface area contributed by atoms with E-state index in [4.69, 9.17) is 28.4 Å². The van der Waals surface area contributed by atoms with E-state index in [2.05, 4.69) is 24.7 Å². The quantitative estimate of drug-likeness (QED) is 0.0378. The lowest BCUT2D eigenvalue weighted by Gasteiger charge is -2.48. The van der Waals surface area contributed by atoms with Crippen molar-refractivity contribution in [3.05, 3.63) is 44.5 Å². The van der Waals surface area contributed by atoms with Gasteiger partial charge in [-0.15, -0.1) is 0 Å². The molecule has 4 spiro atoms. The Labute approximate surface area is 610 Å². The number of rotatable bonds is 18. The number of alkyl carbamates (subject to hydrolysis) is 2. The zero-order valence-corrected chi connectivity index (χ0v) is 61.5. The molecule has 2 N–H and O–H groups in total. The molecule has 12 nitrogen and oxygen atoms in total. The third-order valence-electron chi connectivity index (χ3n) is 31.5. The average Bonchev–Trinajstić information content (AvgIpc) is 1.37. The summed E-state index contributed by atoms with van der Waals surface area (Å²) in [6, 6.07) is 0. The molecule has 3 atom stereocenters. The minimum Gasteiger partial charge on any atom is -1.00 e. The number of amides is 2. The van der Waals surface area contributed by atoms with Gasteiger partial charge >= 0.3 is 12.2 Å². The fraction of sp³-hybridized carbons (Fsp3) is 0.341. The molecule has 0 aromatic heterocycles. The molecule has 0 saturated carbocycles. The Morgan fingerprint density at radius 1 is 0.284 bits per heavy atom. The van der Waals surface area contributed by atoms with E-state index < -0.39 is 23.4 Å². The van der Waals surface area contributed by atoms with Crippen LogP contribution in [0.15, 0.2) is 0 Å². The Kier molecular flexibility index (Phi) is 7.34. The van der Waals surface area contributed by atoms with E-state index in [1.807, 2.05) is 41.5 Å². The second-order valence-corrected chi connectivity index (χ2v) is 37.2. The molecule has 2 saturated heterocycles. The van der Waals surface area contributed by atoms with Gasteiger partial charge in [0.05, 0.1) is 115 Å². The molecule has 492 valence electrons. The number of likely N-dealkylation sites (N-methyl/N-ethyl adjacent to an activating group) is 2. The Morgan fingerprint density at radius 3 is 0.686 bits per heavy atom. The van der Waals surface area contributed by atoms with Gasteiger partial charge in [-0.3, -0.25) is 0 Å². The van der Waals surface area contributed by atoms with Gasteiger partial charge in [0, 0.05) is 13.1 Å². The number of carbonyl (C=O) groups is 2. The van der Waals surface area contributed by atoms with Crippen LogP contribution in [0.3, 0.4) is 0 Å². The lowest BCUT2D eigenvalue weighted by atomic mass is 9.49. The number of hydrogen-bond acceptors (Lipinski definition) is 8. The van der Waals surface area contributed by atoms with Crippen molar-refractivity contribution < 1.29 is 94.9 Å². The summed E-state index contributed by atoms with van der Waals surface area (Å²) < 4.78 is 38.8. The summed E-state index contributed by atoms with van der Waals surface area (Å²) in [6.07, 6.45) is -0.831. The van der Waals surface area contributed by atoms with E-state index in [0.717, 1.165) is 48.2 Å². The molecule has 2 fully saturated rings. The standard InChI is InChI=1S/C88H56N4O8.2HI/c1-83(2,3)99-81(93)89-9-13-95-17-19-97-15-11-91(7)21-85-73-59-49-38-29-25-26-28-33-27(25)34-31-36(29)44(49)55-47-40(31)51-42(34)53-46(33)54-43-35(28)32-37-30(26)39(38)50-45(37)56-48-41(32)52(43)64-68-58(48)70(66(56)74(85)60(50)59)80-72-71-77-67(57(47)69(65(55)73)79(71)88(80,85)24-91)63(51)75-61(53)62(54)76(64)87(78(68)72)23-92(8,22-86(75,77)87)12-16-98-20-18-96-14-10-90-82(94)100-84(4,5)6;;/h9-24H2,1-8H3;2*1H. The van der Waals surface area contributed by atoms with Gasteiger partial charge in [0.15, 0.2) is 0 Å². The molecule has 3 unspecified atom stereocenters. The van der Waals surface area contributed by atoms with Crippen molar-refractivity contribution in [2.75, 3.05) is 119 Å². The maximum absolute atomic E-state index is 12.5. The molecule has 0 radical (unpaired) electrons. The van der Waals surface area contributed by atoms with Crippen LogP contribution in [0.2, 0.25) is 0 Å². The topological polar surface area (TPSA) is 114 Å². The molecule has 14 heteroatoms. The number of nitrogens with one attached hydrogen (secondary N) is 2. The number of likely N-dealkylation sites (tertiary alicyclic amines) is 2. The Balaban J connectivity index is 0.00000272. The van der Waals surface area contributed by atoms with Crippen molar-refractivity contribution in [2.24, 2.45) is 0 Å². The minimum absolute atomic E-state index is 0. The molecule has 10 aliphatic rings. The fourth-order valence-electron chi connectivity index (χ4n) is 30.8. The zero-order valence-electron chi connectivity index (χ0n) is 57.2. The van der Waals surface area contributed by atoms with Gasteiger partial charge in [-0.05, 0) is 345 Å². The first kappa shape index (κ1) is 53.3. The third-order valence-corrected chi connectivity index (χ3v) is 31.5. The van der Waals surface area contributed by atoms with Gasteiger partial charge in [0.2, 0.25) is 0 Å². The summed E-state index contributed by atoms with van der Waals surface area (Å²) in [5, 5.41) is 81.6. The Hall–Kier alpha value is -7.52. The van der Waals surface area contributed by atoms with Crippen LogP contribution in [-0.2, 0) is 50.1 Å². The first-order valence-electron chi connectivity index (χ1n) is 37.4. The minimum atomic E-state index is -0.551. The molecule has 34 rings (SSSR count). The van der Waals surface area contributed by atoms with Crippen molar-refractivity contribution in [1.29, 1.82) is 0 Å². The average molecular weight is 1550 g/mol. The maximum Gasteiger partial charge on any atom is 0.407 e. The van der Waals surface area contributed by atoms with Crippen LogP contribution in [0.1, 0.15) is 86.1 Å². The summed E-state index contributed by atoms with van der Waals surface area (Å²) in [4.78, 5) is 25.0. The molecule has 24 aromatic carbocycles. The van der Waals surface area contributed by atoms with Crippen LogP contribution >= 0.6 is 0 Å².